The lowest BCUT2D eigenvalue weighted by Gasteiger charge is -2.39. The molecule has 1 aromatic rings. The third-order valence-electron chi connectivity index (χ3n) is 3.37. The summed E-state index contributed by atoms with van der Waals surface area (Å²) < 4.78 is 2.17. The van der Waals surface area contributed by atoms with Gasteiger partial charge < -0.3 is 10.2 Å². The van der Waals surface area contributed by atoms with Crippen LogP contribution in [0.5, 0.6) is 0 Å². The molecule has 1 saturated heterocycles. The van der Waals surface area contributed by atoms with Gasteiger partial charge in [-0.15, -0.1) is 24.0 Å². The molecule has 0 radical (unpaired) electrons. The van der Waals surface area contributed by atoms with Crippen molar-refractivity contribution in [3.63, 3.8) is 0 Å². The van der Waals surface area contributed by atoms with Gasteiger partial charge in [0.15, 0.2) is 5.96 Å². The van der Waals surface area contributed by atoms with Crippen molar-refractivity contribution in [2.45, 2.75) is 32.1 Å². The maximum Gasteiger partial charge on any atom is 0.194 e. The van der Waals surface area contributed by atoms with Gasteiger partial charge in [-0.05, 0) is 26.8 Å². The maximum atomic E-state index is 4.77. The zero-order valence-corrected chi connectivity index (χ0v) is 16.4. The number of rotatable bonds is 3. The number of hydrogen-bond acceptors (Lipinski definition) is 3. The Morgan fingerprint density at radius 2 is 2.29 bits per heavy atom. The predicted molar refractivity (Wildman–Crippen MR) is 102 cm³/mol. The molecule has 1 aliphatic heterocycles. The van der Waals surface area contributed by atoms with Gasteiger partial charge in [-0.1, -0.05) is 0 Å². The molecule has 7 heteroatoms. The lowest BCUT2D eigenvalue weighted by molar-refractivity contribution is 0.375. The van der Waals surface area contributed by atoms with Crippen LogP contribution >= 0.6 is 35.7 Å². The summed E-state index contributed by atoms with van der Waals surface area (Å²) in [6.45, 7) is 10.4. The smallest absolute Gasteiger partial charge is 0.194 e. The quantitative estimate of drug-likeness (QED) is 0.461. The van der Waals surface area contributed by atoms with Gasteiger partial charge in [0.1, 0.15) is 0 Å². The largest absolute Gasteiger partial charge is 0.357 e. The van der Waals surface area contributed by atoms with Gasteiger partial charge in [0.05, 0.1) is 12.2 Å². The van der Waals surface area contributed by atoms with Crippen LogP contribution < -0.4 is 5.32 Å². The minimum absolute atomic E-state index is 0. The van der Waals surface area contributed by atoms with E-state index in [1.54, 1.807) is 0 Å². The zero-order valence-electron chi connectivity index (χ0n) is 13.3. The standard InChI is InChI=1S/C14H25N5S.HI/c1-5-15-13(16-10-12-6-7-17-18(12)4)19-8-9-20-14(2,3)11-19;/h6-7H,5,8-11H2,1-4H3,(H,15,16);1H. The Morgan fingerprint density at radius 3 is 2.86 bits per heavy atom. The second kappa shape index (κ2) is 8.26. The topological polar surface area (TPSA) is 45.5 Å². The second-order valence-electron chi connectivity index (χ2n) is 5.65. The van der Waals surface area contributed by atoms with Gasteiger partial charge in [-0.25, -0.2) is 4.99 Å². The van der Waals surface area contributed by atoms with Crippen molar-refractivity contribution in [1.82, 2.24) is 20.0 Å². The molecule has 120 valence electrons. The molecule has 0 bridgehead atoms. The molecule has 0 amide bonds. The third-order valence-corrected chi connectivity index (χ3v) is 4.67. The van der Waals surface area contributed by atoms with Crippen LogP contribution in [0, 0.1) is 0 Å². The highest BCUT2D eigenvalue weighted by atomic mass is 127. The summed E-state index contributed by atoms with van der Waals surface area (Å²) >= 11 is 2.04. The molecular weight excluding hydrogens is 397 g/mol. The Balaban J connectivity index is 0.00000220. The number of nitrogens with one attached hydrogen (secondary N) is 1. The van der Waals surface area contributed by atoms with Gasteiger partial charge in [0, 0.05) is 43.4 Å². The Morgan fingerprint density at radius 1 is 1.52 bits per heavy atom. The molecule has 0 spiro atoms. The van der Waals surface area contributed by atoms with E-state index < -0.39 is 0 Å². The van der Waals surface area contributed by atoms with E-state index in [0.29, 0.717) is 11.3 Å². The average molecular weight is 423 g/mol. The molecule has 2 rings (SSSR count). The first-order valence-electron chi connectivity index (χ1n) is 7.16. The van der Waals surface area contributed by atoms with Gasteiger partial charge in [0.25, 0.3) is 0 Å². The molecule has 0 aromatic carbocycles. The first-order valence-corrected chi connectivity index (χ1v) is 8.14. The number of halogens is 1. The lowest BCUT2D eigenvalue weighted by atomic mass is 10.2. The average Bonchev–Trinajstić information content (AvgIpc) is 2.79. The molecule has 0 unspecified atom stereocenters. The third kappa shape index (κ3) is 5.36. The summed E-state index contributed by atoms with van der Waals surface area (Å²) in [6, 6.07) is 2.02. The summed E-state index contributed by atoms with van der Waals surface area (Å²) in [4.78, 5) is 7.14. The molecule has 21 heavy (non-hydrogen) atoms. The van der Waals surface area contributed by atoms with E-state index in [9.17, 15) is 0 Å². The molecule has 5 nitrogen and oxygen atoms in total. The van der Waals surface area contributed by atoms with Crippen LogP contribution in [0.2, 0.25) is 0 Å². The van der Waals surface area contributed by atoms with Gasteiger partial charge in [0.2, 0.25) is 0 Å². The Kier molecular flexibility index (Phi) is 7.32. The van der Waals surface area contributed by atoms with Gasteiger partial charge in [-0.2, -0.15) is 16.9 Å². The van der Waals surface area contributed by atoms with E-state index in [4.69, 9.17) is 4.99 Å². The van der Waals surface area contributed by atoms with E-state index in [0.717, 1.165) is 37.0 Å². The van der Waals surface area contributed by atoms with E-state index in [1.807, 2.05) is 35.8 Å². The minimum Gasteiger partial charge on any atom is -0.357 e. The number of aliphatic imine (C=N–C) groups is 1. The second-order valence-corrected chi connectivity index (χ2v) is 7.45. The van der Waals surface area contributed by atoms with Crippen molar-refractivity contribution < 1.29 is 0 Å². The van der Waals surface area contributed by atoms with E-state index >= 15 is 0 Å². The number of hydrogen-bond donors (Lipinski definition) is 1. The molecule has 1 fully saturated rings. The summed E-state index contributed by atoms with van der Waals surface area (Å²) in [5.41, 5.74) is 1.13. The summed E-state index contributed by atoms with van der Waals surface area (Å²) in [6.07, 6.45) is 1.82. The number of aryl methyl sites for hydroxylation is 1. The maximum absolute atomic E-state index is 4.77. The van der Waals surface area contributed by atoms with E-state index in [-0.39, 0.29) is 24.0 Å². The van der Waals surface area contributed by atoms with Crippen LogP contribution in [-0.2, 0) is 13.6 Å². The van der Waals surface area contributed by atoms with Crippen molar-refractivity contribution in [2.24, 2.45) is 12.0 Å². The minimum atomic E-state index is 0. The molecule has 2 heterocycles. The Bertz CT molecular complexity index is 472. The summed E-state index contributed by atoms with van der Waals surface area (Å²) in [7, 11) is 1.96. The van der Waals surface area contributed by atoms with Crippen LogP contribution in [0.25, 0.3) is 0 Å². The molecule has 0 saturated carbocycles. The van der Waals surface area contributed by atoms with E-state index in [1.165, 1.54) is 0 Å². The lowest BCUT2D eigenvalue weighted by Crippen LogP contribution is -2.50. The van der Waals surface area contributed by atoms with Gasteiger partial charge in [-0.3, -0.25) is 4.68 Å². The first-order chi connectivity index (χ1) is 9.52. The number of guanidine groups is 1. The SMILES string of the molecule is CCNC(=NCc1ccnn1C)N1CCSC(C)(C)C1.I. The highest BCUT2D eigenvalue weighted by molar-refractivity contribution is 14.0. The fraction of sp³-hybridized carbons (Fsp3) is 0.714. The molecule has 1 N–H and O–H groups in total. The highest BCUT2D eigenvalue weighted by Crippen LogP contribution is 2.29. The van der Waals surface area contributed by atoms with Crippen LogP contribution in [-0.4, -0.2) is 50.8 Å². The number of nitrogens with zero attached hydrogens (tertiary/aromatic N) is 4. The van der Waals surface area contributed by atoms with Crippen molar-refractivity contribution in [3.8, 4) is 0 Å². The fourth-order valence-corrected chi connectivity index (χ4v) is 3.45. The number of aromatic nitrogens is 2. The Hall–Kier alpha value is -0.440. The predicted octanol–water partition coefficient (Wildman–Crippen LogP) is 2.33. The van der Waals surface area contributed by atoms with Crippen molar-refractivity contribution in [2.75, 3.05) is 25.4 Å². The molecule has 0 atom stereocenters. The van der Waals surface area contributed by atoms with Crippen molar-refractivity contribution >= 4 is 41.7 Å². The molecule has 1 aliphatic rings. The summed E-state index contributed by atoms with van der Waals surface area (Å²) in [5.74, 6) is 2.17. The first kappa shape index (κ1) is 18.6. The van der Waals surface area contributed by atoms with Gasteiger partial charge >= 0.3 is 0 Å². The fourth-order valence-electron chi connectivity index (χ4n) is 2.34. The van der Waals surface area contributed by atoms with Crippen molar-refractivity contribution in [3.05, 3.63) is 18.0 Å². The summed E-state index contributed by atoms with van der Waals surface area (Å²) in [5, 5.41) is 7.60. The van der Waals surface area contributed by atoms with Crippen LogP contribution in [0.4, 0.5) is 0 Å². The van der Waals surface area contributed by atoms with Crippen LogP contribution in [0.3, 0.4) is 0 Å². The van der Waals surface area contributed by atoms with Crippen molar-refractivity contribution in [1.29, 1.82) is 0 Å². The van der Waals surface area contributed by atoms with E-state index in [2.05, 4.69) is 36.1 Å². The number of thioether (sulfide) groups is 1. The highest BCUT2D eigenvalue weighted by Gasteiger charge is 2.28. The Labute approximate surface area is 149 Å². The molecule has 1 aromatic heterocycles. The zero-order chi connectivity index (χ0) is 14.6. The van der Waals surface area contributed by atoms with Crippen LogP contribution in [0.15, 0.2) is 17.3 Å². The normalized spacial score (nSPS) is 18.3. The van der Waals surface area contributed by atoms with Crippen LogP contribution in [0.1, 0.15) is 26.5 Å². The molecule has 0 aliphatic carbocycles. The molecular formula is C14H26IN5S. The monoisotopic (exact) mass is 423 g/mol.